The maximum atomic E-state index is 13.6. The van der Waals surface area contributed by atoms with Crippen molar-refractivity contribution in [1.29, 1.82) is 0 Å². The number of imidazole rings is 1. The summed E-state index contributed by atoms with van der Waals surface area (Å²) in [5.41, 5.74) is 3.23. The molecule has 0 atom stereocenters. The van der Waals surface area contributed by atoms with Gasteiger partial charge in [-0.15, -0.1) is 0 Å². The Bertz CT molecular complexity index is 1090. The molecule has 142 valence electrons. The number of aryl methyl sites for hydroxylation is 1. The number of carbonyl (C=O) groups excluding carboxylic acids is 1. The van der Waals surface area contributed by atoms with Crippen LogP contribution in [0.4, 0.5) is 14.5 Å². The van der Waals surface area contributed by atoms with Crippen LogP contribution in [0.15, 0.2) is 65.4 Å². The van der Waals surface area contributed by atoms with Crippen molar-refractivity contribution in [3.8, 4) is 11.4 Å². The van der Waals surface area contributed by atoms with Crippen LogP contribution in [0.3, 0.4) is 0 Å². The van der Waals surface area contributed by atoms with Crippen molar-refractivity contribution in [2.75, 3.05) is 5.32 Å². The SMILES string of the molecule is O=C(CCc1ccsc1)Nc1ccc(-c2nc3ccccc3n2C(F)F)cc1. The number of rotatable bonds is 6. The summed E-state index contributed by atoms with van der Waals surface area (Å²) in [4.78, 5) is 16.4. The minimum atomic E-state index is -2.70. The van der Waals surface area contributed by atoms with Crippen LogP contribution < -0.4 is 5.32 Å². The second-order valence-corrected chi connectivity index (χ2v) is 7.11. The average molecular weight is 397 g/mol. The number of nitrogens with one attached hydrogen (secondary N) is 1. The summed E-state index contributed by atoms with van der Waals surface area (Å²) in [6.45, 7) is -2.70. The van der Waals surface area contributed by atoms with Gasteiger partial charge in [0.05, 0.1) is 11.0 Å². The van der Waals surface area contributed by atoms with Gasteiger partial charge in [-0.3, -0.25) is 9.36 Å². The Kier molecular flexibility index (Phi) is 5.16. The molecule has 0 unspecified atom stereocenters. The minimum Gasteiger partial charge on any atom is -0.326 e. The average Bonchev–Trinajstić information content (AvgIpc) is 3.34. The lowest BCUT2D eigenvalue weighted by molar-refractivity contribution is -0.116. The van der Waals surface area contributed by atoms with Crippen LogP contribution in [0.5, 0.6) is 0 Å². The fourth-order valence-corrected chi connectivity index (χ4v) is 3.77. The Labute approximate surface area is 164 Å². The second kappa shape index (κ2) is 7.90. The van der Waals surface area contributed by atoms with Gasteiger partial charge in [-0.25, -0.2) is 4.98 Å². The molecule has 2 aromatic carbocycles. The maximum Gasteiger partial charge on any atom is 0.320 e. The van der Waals surface area contributed by atoms with Crippen molar-refractivity contribution in [1.82, 2.24) is 9.55 Å². The molecule has 2 aromatic heterocycles. The predicted octanol–water partition coefficient (Wildman–Crippen LogP) is 5.73. The number of hydrogen-bond acceptors (Lipinski definition) is 3. The maximum absolute atomic E-state index is 13.6. The van der Waals surface area contributed by atoms with E-state index in [9.17, 15) is 13.6 Å². The van der Waals surface area contributed by atoms with E-state index in [4.69, 9.17) is 0 Å². The van der Waals surface area contributed by atoms with Crippen molar-refractivity contribution < 1.29 is 13.6 Å². The first-order valence-electron chi connectivity index (χ1n) is 8.78. The van der Waals surface area contributed by atoms with Crippen molar-refractivity contribution >= 4 is 34.0 Å². The topological polar surface area (TPSA) is 46.9 Å². The number of para-hydroxylation sites is 2. The number of benzene rings is 2. The van der Waals surface area contributed by atoms with Crippen LogP contribution in [-0.4, -0.2) is 15.5 Å². The van der Waals surface area contributed by atoms with Crippen LogP contribution in [0.25, 0.3) is 22.4 Å². The monoisotopic (exact) mass is 397 g/mol. The Morgan fingerprint density at radius 1 is 1.11 bits per heavy atom. The van der Waals surface area contributed by atoms with Crippen LogP contribution in [0.2, 0.25) is 0 Å². The highest BCUT2D eigenvalue weighted by Gasteiger charge is 2.18. The summed E-state index contributed by atoms with van der Waals surface area (Å²) >= 11 is 1.61. The molecule has 0 fully saturated rings. The number of aromatic nitrogens is 2. The zero-order valence-electron chi connectivity index (χ0n) is 14.8. The van der Waals surface area contributed by atoms with Gasteiger partial charge in [0, 0.05) is 17.7 Å². The minimum absolute atomic E-state index is 0.0845. The molecule has 1 amide bonds. The van der Waals surface area contributed by atoms with Crippen molar-refractivity contribution in [2.45, 2.75) is 19.4 Å². The number of halogens is 2. The molecular formula is C21H17F2N3OS. The second-order valence-electron chi connectivity index (χ2n) is 6.33. The number of carbonyl (C=O) groups is 1. The zero-order chi connectivity index (χ0) is 19.5. The lowest BCUT2D eigenvalue weighted by Crippen LogP contribution is -2.12. The molecule has 0 aliphatic rings. The van der Waals surface area contributed by atoms with Crippen LogP contribution in [-0.2, 0) is 11.2 Å². The van der Waals surface area contributed by atoms with Gasteiger partial charge in [-0.05, 0) is 65.2 Å². The van der Waals surface area contributed by atoms with E-state index >= 15 is 0 Å². The molecular weight excluding hydrogens is 380 g/mol. The van der Waals surface area contributed by atoms with Crippen molar-refractivity contribution in [3.05, 3.63) is 70.9 Å². The third-order valence-corrected chi connectivity index (χ3v) is 5.17. The van der Waals surface area contributed by atoms with Crippen molar-refractivity contribution in [2.24, 2.45) is 0 Å². The smallest absolute Gasteiger partial charge is 0.320 e. The van der Waals surface area contributed by atoms with Gasteiger partial charge in [0.15, 0.2) is 0 Å². The molecule has 0 aliphatic heterocycles. The molecule has 2 heterocycles. The van der Waals surface area contributed by atoms with E-state index in [1.54, 1.807) is 59.9 Å². The summed E-state index contributed by atoms with van der Waals surface area (Å²) in [5.74, 6) is 0.116. The summed E-state index contributed by atoms with van der Waals surface area (Å²) in [6, 6.07) is 15.6. The van der Waals surface area contributed by atoms with Gasteiger partial charge >= 0.3 is 6.55 Å². The first-order valence-corrected chi connectivity index (χ1v) is 9.72. The number of alkyl halides is 2. The van der Waals surface area contributed by atoms with E-state index in [0.29, 0.717) is 35.1 Å². The van der Waals surface area contributed by atoms with Gasteiger partial charge in [-0.2, -0.15) is 20.1 Å². The summed E-state index contributed by atoms with van der Waals surface area (Å²) in [5, 5.41) is 6.85. The Morgan fingerprint density at radius 3 is 2.61 bits per heavy atom. The highest BCUT2D eigenvalue weighted by molar-refractivity contribution is 7.07. The highest BCUT2D eigenvalue weighted by Crippen LogP contribution is 2.30. The molecule has 4 nitrogen and oxygen atoms in total. The van der Waals surface area contributed by atoms with Crippen LogP contribution in [0, 0.1) is 0 Å². The molecule has 1 N–H and O–H groups in total. The number of amides is 1. The number of anilines is 1. The number of fused-ring (bicyclic) bond motifs is 1. The normalized spacial score (nSPS) is 11.2. The first kappa shape index (κ1) is 18.3. The standard InChI is InChI=1S/C21H17F2N3OS/c22-21(23)26-18-4-2-1-3-17(18)25-20(26)15-6-8-16(9-7-15)24-19(27)10-5-14-11-12-28-13-14/h1-4,6-9,11-13,21H,5,10H2,(H,24,27). The zero-order valence-corrected chi connectivity index (χ0v) is 15.6. The van der Waals surface area contributed by atoms with Gasteiger partial charge in [-0.1, -0.05) is 12.1 Å². The summed E-state index contributed by atoms with van der Waals surface area (Å²) < 4.78 is 28.1. The van der Waals surface area contributed by atoms with Gasteiger partial charge in [0.2, 0.25) is 5.91 Å². The number of thiophene rings is 1. The first-order chi connectivity index (χ1) is 13.6. The fraction of sp³-hybridized carbons (Fsp3) is 0.143. The molecule has 0 aliphatic carbocycles. The van der Waals surface area contributed by atoms with E-state index in [1.807, 2.05) is 16.8 Å². The van der Waals surface area contributed by atoms with Gasteiger partial charge in [0.25, 0.3) is 0 Å². The van der Waals surface area contributed by atoms with Crippen molar-refractivity contribution in [3.63, 3.8) is 0 Å². The molecule has 0 radical (unpaired) electrons. The molecule has 4 rings (SSSR count). The van der Waals surface area contributed by atoms with Gasteiger partial charge < -0.3 is 5.32 Å². The molecule has 0 spiro atoms. The third kappa shape index (κ3) is 3.80. The molecule has 0 saturated carbocycles. The lowest BCUT2D eigenvalue weighted by atomic mass is 10.1. The predicted molar refractivity (Wildman–Crippen MR) is 108 cm³/mol. The van der Waals surface area contributed by atoms with E-state index in [0.717, 1.165) is 10.1 Å². The highest BCUT2D eigenvalue weighted by atomic mass is 32.1. The number of nitrogens with zero attached hydrogens (tertiary/aromatic N) is 2. The molecule has 7 heteroatoms. The Morgan fingerprint density at radius 2 is 1.89 bits per heavy atom. The molecule has 0 saturated heterocycles. The molecule has 0 bridgehead atoms. The Hall–Kier alpha value is -3.06. The van der Waals surface area contributed by atoms with Gasteiger partial charge in [0.1, 0.15) is 5.82 Å². The molecule has 28 heavy (non-hydrogen) atoms. The van der Waals surface area contributed by atoms with E-state index in [-0.39, 0.29) is 11.7 Å². The number of hydrogen-bond donors (Lipinski definition) is 1. The van der Waals surface area contributed by atoms with E-state index in [1.165, 1.54) is 0 Å². The summed E-state index contributed by atoms with van der Waals surface area (Å²) in [6.07, 6.45) is 1.07. The quantitative estimate of drug-likeness (QED) is 0.452. The van der Waals surface area contributed by atoms with Crippen LogP contribution >= 0.6 is 11.3 Å². The lowest BCUT2D eigenvalue weighted by Gasteiger charge is -2.09. The largest absolute Gasteiger partial charge is 0.326 e. The van der Waals surface area contributed by atoms with Crippen LogP contribution in [0.1, 0.15) is 18.5 Å². The third-order valence-electron chi connectivity index (χ3n) is 4.44. The Balaban J connectivity index is 1.51. The molecule has 4 aromatic rings. The van der Waals surface area contributed by atoms with E-state index in [2.05, 4.69) is 10.3 Å². The fourth-order valence-electron chi connectivity index (χ4n) is 3.06. The summed E-state index contributed by atoms with van der Waals surface area (Å²) in [7, 11) is 0. The van der Waals surface area contributed by atoms with E-state index < -0.39 is 6.55 Å².